The fraction of sp³-hybridized carbons (Fsp3) is 0.259. The van der Waals surface area contributed by atoms with Gasteiger partial charge in [0.05, 0.1) is 12.8 Å². The van der Waals surface area contributed by atoms with Gasteiger partial charge in [-0.15, -0.1) is 0 Å². The summed E-state index contributed by atoms with van der Waals surface area (Å²) in [6, 6.07) is 21.4. The number of rotatable bonds is 8. The Kier molecular flexibility index (Phi) is 7.98. The van der Waals surface area contributed by atoms with Gasteiger partial charge in [0, 0.05) is 25.7 Å². The summed E-state index contributed by atoms with van der Waals surface area (Å²) < 4.78 is 34.7. The highest BCUT2D eigenvalue weighted by Gasteiger charge is 2.31. The van der Waals surface area contributed by atoms with E-state index in [4.69, 9.17) is 4.74 Å². The lowest BCUT2D eigenvalue weighted by molar-refractivity contribution is -0.120. The zero-order valence-corrected chi connectivity index (χ0v) is 21.6. The molecule has 0 spiro atoms. The molecule has 1 aliphatic heterocycles. The van der Waals surface area contributed by atoms with E-state index >= 15 is 0 Å². The van der Waals surface area contributed by atoms with E-state index in [0.29, 0.717) is 23.5 Å². The molecule has 3 amide bonds. The van der Waals surface area contributed by atoms with Crippen molar-refractivity contribution in [3.63, 3.8) is 0 Å². The molecule has 9 nitrogen and oxygen atoms in total. The number of methoxy groups -OCH3 is 1. The van der Waals surface area contributed by atoms with Gasteiger partial charge in [-0.1, -0.05) is 48.5 Å². The second-order valence-electron chi connectivity index (χ2n) is 8.72. The number of hydrogen-bond donors (Lipinski definition) is 2. The van der Waals surface area contributed by atoms with Gasteiger partial charge >= 0.3 is 16.2 Å². The molecule has 1 atom stereocenters. The molecule has 1 aliphatic rings. The van der Waals surface area contributed by atoms with E-state index in [0.717, 1.165) is 17.5 Å². The molecule has 0 saturated heterocycles. The minimum atomic E-state index is -4.19. The van der Waals surface area contributed by atoms with Crippen LogP contribution in [0.5, 0.6) is 5.75 Å². The molecule has 0 radical (unpaired) electrons. The van der Waals surface area contributed by atoms with Crippen LogP contribution in [0, 0.1) is 0 Å². The first kappa shape index (κ1) is 26.0. The monoisotopic (exact) mass is 522 g/mol. The van der Waals surface area contributed by atoms with Crippen LogP contribution < -0.4 is 24.0 Å². The zero-order chi connectivity index (χ0) is 26.4. The number of fused-ring (bicyclic) bond motifs is 1. The van der Waals surface area contributed by atoms with Gasteiger partial charge in [0.1, 0.15) is 11.8 Å². The number of nitrogens with one attached hydrogen (secondary N) is 2. The van der Waals surface area contributed by atoms with Crippen molar-refractivity contribution in [2.24, 2.45) is 0 Å². The van der Waals surface area contributed by atoms with Crippen molar-refractivity contribution in [3.8, 4) is 5.75 Å². The summed E-state index contributed by atoms with van der Waals surface area (Å²) in [7, 11) is -1.03. The van der Waals surface area contributed by atoms with E-state index in [-0.39, 0.29) is 13.0 Å². The van der Waals surface area contributed by atoms with Crippen molar-refractivity contribution >= 4 is 33.5 Å². The number of benzene rings is 3. The molecule has 10 heteroatoms. The van der Waals surface area contributed by atoms with E-state index in [2.05, 4.69) is 10.0 Å². The molecule has 3 aromatic rings. The fourth-order valence-electron chi connectivity index (χ4n) is 4.33. The lowest BCUT2D eigenvalue weighted by Gasteiger charge is -2.30. The summed E-state index contributed by atoms with van der Waals surface area (Å²) in [6.45, 7) is 0.256. The van der Waals surface area contributed by atoms with Gasteiger partial charge < -0.3 is 15.0 Å². The second-order valence-corrected chi connectivity index (χ2v) is 10.3. The first-order valence-corrected chi connectivity index (χ1v) is 13.4. The van der Waals surface area contributed by atoms with Crippen LogP contribution in [-0.4, -0.2) is 47.1 Å². The summed E-state index contributed by atoms with van der Waals surface area (Å²) in [4.78, 5) is 27.8. The quantitative estimate of drug-likeness (QED) is 0.472. The molecule has 194 valence electrons. The largest absolute Gasteiger partial charge is 0.497 e. The molecule has 37 heavy (non-hydrogen) atoms. The van der Waals surface area contributed by atoms with Crippen LogP contribution in [0.4, 0.5) is 16.2 Å². The zero-order valence-electron chi connectivity index (χ0n) is 20.8. The molecular formula is C27H30N4O5S. The van der Waals surface area contributed by atoms with Gasteiger partial charge in [-0.2, -0.15) is 8.42 Å². The van der Waals surface area contributed by atoms with Gasteiger partial charge in [-0.25, -0.2) is 9.52 Å². The van der Waals surface area contributed by atoms with E-state index in [1.807, 2.05) is 42.5 Å². The number of carbonyl (C=O) groups excluding carboxylic acids is 2. The van der Waals surface area contributed by atoms with E-state index in [1.165, 1.54) is 9.21 Å². The summed E-state index contributed by atoms with van der Waals surface area (Å²) >= 11 is 0. The minimum absolute atomic E-state index is 0.181. The average molecular weight is 523 g/mol. The fourth-order valence-corrected chi connectivity index (χ4v) is 5.54. The van der Waals surface area contributed by atoms with Crippen molar-refractivity contribution in [1.82, 2.24) is 10.0 Å². The molecule has 2 N–H and O–H groups in total. The van der Waals surface area contributed by atoms with Gasteiger partial charge in [-0.05, 0) is 54.3 Å². The van der Waals surface area contributed by atoms with Crippen LogP contribution in [-0.2, 0) is 27.8 Å². The van der Waals surface area contributed by atoms with Crippen LogP contribution in [0.1, 0.15) is 17.5 Å². The number of carbonyl (C=O) groups is 2. The van der Waals surface area contributed by atoms with E-state index in [9.17, 15) is 18.0 Å². The number of amides is 3. The summed E-state index contributed by atoms with van der Waals surface area (Å²) in [5.74, 6) is 0.248. The summed E-state index contributed by atoms with van der Waals surface area (Å²) in [5.41, 5.74) is 2.86. The summed E-state index contributed by atoms with van der Waals surface area (Å²) in [5, 5.41) is 2.59. The second kappa shape index (κ2) is 11.3. The molecule has 0 aromatic heterocycles. The SMILES string of the molecule is COc1ccc(N(C)C(=O)[C@H](Cc2ccccc2)NC(=O)NS(=O)(=O)N2CCCc3ccccc32)cc1. The van der Waals surface area contributed by atoms with E-state index < -0.39 is 28.2 Å². The number of para-hydroxylation sites is 1. The Morgan fingerprint density at radius 3 is 2.38 bits per heavy atom. The minimum Gasteiger partial charge on any atom is -0.497 e. The Labute approximate surface area is 217 Å². The molecule has 0 saturated carbocycles. The Balaban J connectivity index is 1.52. The Morgan fingerprint density at radius 2 is 1.68 bits per heavy atom. The summed E-state index contributed by atoms with van der Waals surface area (Å²) in [6.07, 6.45) is 1.58. The van der Waals surface area contributed by atoms with Crippen molar-refractivity contribution in [2.45, 2.75) is 25.3 Å². The third-order valence-electron chi connectivity index (χ3n) is 6.26. The maximum Gasteiger partial charge on any atom is 0.330 e. The molecule has 1 heterocycles. The normalized spacial score (nSPS) is 13.7. The maximum absolute atomic E-state index is 13.5. The number of ether oxygens (including phenoxy) is 1. The first-order valence-electron chi connectivity index (χ1n) is 11.9. The van der Waals surface area contributed by atoms with Crippen molar-refractivity contribution < 1.29 is 22.7 Å². The number of likely N-dealkylation sites (N-methyl/N-ethyl adjacent to an activating group) is 1. The van der Waals surface area contributed by atoms with Gasteiger partial charge in [0.15, 0.2) is 0 Å². The van der Waals surface area contributed by atoms with Gasteiger partial charge in [0.25, 0.3) is 0 Å². The number of nitrogens with zero attached hydrogens (tertiary/aromatic N) is 2. The third-order valence-corrected chi connectivity index (χ3v) is 7.66. The molecule has 4 rings (SSSR count). The lowest BCUT2D eigenvalue weighted by Crippen LogP contribution is -2.55. The molecule has 3 aromatic carbocycles. The van der Waals surface area contributed by atoms with Crippen LogP contribution in [0.2, 0.25) is 0 Å². The van der Waals surface area contributed by atoms with Crippen LogP contribution >= 0.6 is 0 Å². The maximum atomic E-state index is 13.5. The van der Waals surface area contributed by atoms with Gasteiger partial charge in [-0.3, -0.25) is 9.10 Å². The number of urea groups is 1. The highest BCUT2D eigenvalue weighted by atomic mass is 32.2. The van der Waals surface area contributed by atoms with Gasteiger partial charge in [0.2, 0.25) is 5.91 Å². The molecule has 0 fully saturated rings. The third kappa shape index (κ3) is 6.21. The Morgan fingerprint density at radius 1 is 1.00 bits per heavy atom. The number of aryl methyl sites for hydroxylation is 1. The number of hydrogen-bond acceptors (Lipinski definition) is 5. The van der Waals surface area contributed by atoms with Crippen molar-refractivity contribution in [3.05, 3.63) is 90.0 Å². The van der Waals surface area contributed by atoms with E-state index in [1.54, 1.807) is 50.6 Å². The average Bonchev–Trinajstić information content (AvgIpc) is 2.92. The van der Waals surface area contributed by atoms with Crippen molar-refractivity contribution in [2.75, 3.05) is 29.9 Å². The smallest absolute Gasteiger partial charge is 0.330 e. The standard InChI is InChI=1S/C27H30N4O5S/c1-30(22-14-16-23(36-2)17-15-22)26(32)24(19-20-9-4-3-5-10-20)28-27(33)29-37(34,35)31-18-8-12-21-11-6-7-13-25(21)31/h3-7,9-11,13-17,24H,8,12,18-19H2,1-2H3,(H2,28,29,33)/t24-/m0/s1. The topological polar surface area (TPSA) is 108 Å². The highest BCUT2D eigenvalue weighted by Crippen LogP contribution is 2.28. The first-order chi connectivity index (χ1) is 17.8. The van der Waals surface area contributed by atoms with Crippen LogP contribution in [0.15, 0.2) is 78.9 Å². The number of anilines is 2. The Hall–Kier alpha value is -4.05. The van der Waals surface area contributed by atoms with Crippen LogP contribution in [0.25, 0.3) is 0 Å². The lowest BCUT2D eigenvalue weighted by atomic mass is 10.0. The van der Waals surface area contributed by atoms with Crippen molar-refractivity contribution in [1.29, 1.82) is 0 Å². The molecule has 0 bridgehead atoms. The molecule has 0 aliphatic carbocycles. The van der Waals surface area contributed by atoms with Crippen LogP contribution in [0.3, 0.4) is 0 Å². The predicted octanol–water partition coefficient (Wildman–Crippen LogP) is 3.27. The predicted molar refractivity (Wildman–Crippen MR) is 143 cm³/mol. The highest BCUT2D eigenvalue weighted by molar-refractivity contribution is 7.91. The molecular weight excluding hydrogens is 492 g/mol. The molecule has 0 unspecified atom stereocenters. The Bertz CT molecular complexity index is 1350.